The molecule has 116 valence electrons. The average Bonchev–Trinajstić information content (AvgIpc) is 2.61. The number of fused-ring (bicyclic) bond motifs is 1. The maximum absolute atomic E-state index is 12.5. The number of anilines is 2. The molecule has 5 heteroatoms. The highest BCUT2D eigenvalue weighted by atomic mass is 16.5. The lowest BCUT2D eigenvalue weighted by Gasteiger charge is -2.24. The standard InChI is InChI=1S/C16H25N3O2/c1-13-11-18(2)14-6-4-5-7-15(14)19(12-13)16(20)10-17-8-9-21-3/h4-7,13,17H,8-12H2,1-3H3/t13-/m0/s1. The van der Waals surface area contributed by atoms with Gasteiger partial charge in [0.25, 0.3) is 0 Å². The minimum absolute atomic E-state index is 0.112. The van der Waals surface area contributed by atoms with Gasteiger partial charge in [0.05, 0.1) is 24.5 Å². The van der Waals surface area contributed by atoms with E-state index in [1.54, 1.807) is 7.11 Å². The summed E-state index contributed by atoms with van der Waals surface area (Å²) in [5, 5.41) is 3.13. The van der Waals surface area contributed by atoms with Crippen LogP contribution in [0.1, 0.15) is 6.92 Å². The lowest BCUT2D eigenvalue weighted by molar-refractivity contribution is -0.117. The number of hydrogen-bond donors (Lipinski definition) is 1. The fourth-order valence-electron chi connectivity index (χ4n) is 2.75. The molecule has 0 unspecified atom stereocenters. The molecule has 1 aromatic carbocycles. The zero-order valence-corrected chi connectivity index (χ0v) is 13.1. The van der Waals surface area contributed by atoms with E-state index in [0.29, 0.717) is 25.6 Å². The summed E-state index contributed by atoms with van der Waals surface area (Å²) < 4.78 is 4.98. The molecule has 1 amide bonds. The van der Waals surface area contributed by atoms with Gasteiger partial charge in [-0.15, -0.1) is 0 Å². The maximum atomic E-state index is 12.5. The predicted molar refractivity (Wildman–Crippen MR) is 86.0 cm³/mol. The molecule has 1 N–H and O–H groups in total. The molecule has 0 aliphatic carbocycles. The molecular formula is C16H25N3O2. The Hall–Kier alpha value is -1.59. The minimum Gasteiger partial charge on any atom is -0.383 e. The molecule has 1 aromatic rings. The first kappa shape index (κ1) is 15.8. The highest BCUT2D eigenvalue weighted by Gasteiger charge is 2.25. The zero-order valence-electron chi connectivity index (χ0n) is 13.1. The van der Waals surface area contributed by atoms with E-state index in [2.05, 4.69) is 30.3 Å². The summed E-state index contributed by atoms with van der Waals surface area (Å²) in [4.78, 5) is 16.7. The molecule has 0 fully saturated rings. The van der Waals surface area contributed by atoms with Gasteiger partial charge in [0.15, 0.2) is 0 Å². The average molecular weight is 291 g/mol. The van der Waals surface area contributed by atoms with Crippen molar-refractivity contribution >= 4 is 17.3 Å². The van der Waals surface area contributed by atoms with Gasteiger partial charge in [-0.25, -0.2) is 0 Å². The SMILES string of the molecule is COCCNCC(=O)N1C[C@@H](C)CN(C)c2ccccc21. The quantitative estimate of drug-likeness (QED) is 0.832. The Morgan fingerprint density at radius 1 is 1.33 bits per heavy atom. The summed E-state index contributed by atoms with van der Waals surface area (Å²) >= 11 is 0. The first-order valence-electron chi connectivity index (χ1n) is 7.43. The van der Waals surface area contributed by atoms with Crippen molar-refractivity contribution in [3.63, 3.8) is 0 Å². The van der Waals surface area contributed by atoms with Crippen molar-refractivity contribution in [1.29, 1.82) is 0 Å². The Morgan fingerprint density at radius 3 is 2.76 bits per heavy atom. The van der Waals surface area contributed by atoms with Crippen LogP contribution in [0.4, 0.5) is 11.4 Å². The third kappa shape index (κ3) is 3.95. The molecular weight excluding hydrogens is 266 g/mol. The monoisotopic (exact) mass is 291 g/mol. The first-order chi connectivity index (χ1) is 10.1. The molecule has 1 aliphatic rings. The number of para-hydroxylation sites is 2. The highest BCUT2D eigenvalue weighted by molar-refractivity contribution is 5.98. The largest absolute Gasteiger partial charge is 0.383 e. The van der Waals surface area contributed by atoms with Crippen LogP contribution >= 0.6 is 0 Å². The molecule has 0 saturated carbocycles. The number of carbonyl (C=O) groups is 1. The van der Waals surface area contributed by atoms with Crippen LogP contribution < -0.4 is 15.1 Å². The third-order valence-electron chi connectivity index (χ3n) is 3.72. The number of methoxy groups -OCH3 is 1. The Kier molecular flexibility index (Phi) is 5.59. The van der Waals surface area contributed by atoms with Crippen LogP contribution in [-0.2, 0) is 9.53 Å². The van der Waals surface area contributed by atoms with E-state index in [4.69, 9.17) is 4.74 Å². The molecule has 1 heterocycles. The van der Waals surface area contributed by atoms with Gasteiger partial charge in [-0.2, -0.15) is 0 Å². The van der Waals surface area contributed by atoms with E-state index in [1.165, 1.54) is 0 Å². The Bertz CT molecular complexity index is 478. The number of nitrogens with one attached hydrogen (secondary N) is 1. The van der Waals surface area contributed by atoms with E-state index in [1.807, 2.05) is 23.1 Å². The number of benzene rings is 1. The Morgan fingerprint density at radius 2 is 2.05 bits per heavy atom. The number of rotatable bonds is 5. The van der Waals surface area contributed by atoms with Crippen molar-refractivity contribution in [1.82, 2.24) is 5.32 Å². The van der Waals surface area contributed by atoms with Gasteiger partial charge in [0.1, 0.15) is 0 Å². The second-order valence-electron chi connectivity index (χ2n) is 5.65. The lowest BCUT2D eigenvalue weighted by Crippen LogP contribution is -2.41. The van der Waals surface area contributed by atoms with Gasteiger partial charge in [-0.1, -0.05) is 19.1 Å². The van der Waals surface area contributed by atoms with Gasteiger partial charge in [-0.3, -0.25) is 4.79 Å². The van der Waals surface area contributed by atoms with E-state index in [-0.39, 0.29) is 5.91 Å². The molecule has 0 spiro atoms. The van der Waals surface area contributed by atoms with Crippen molar-refractivity contribution in [2.75, 3.05) is 56.7 Å². The lowest BCUT2D eigenvalue weighted by atomic mass is 10.1. The number of ether oxygens (including phenoxy) is 1. The van der Waals surface area contributed by atoms with Crippen molar-refractivity contribution in [3.8, 4) is 0 Å². The number of hydrogen-bond acceptors (Lipinski definition) is 4. The van der Waals surface area contributed by atoms with Crippen molar-refractivity contribution in [2.24, 2.45) is 5.92 Å². The van der Waals surface area contributed by atoms with Gasteiger partial charge >= 0.3 is 0 Å². The Labute approximate surface area is 126 Å². The summed E-state index contributed by atoms with van der Waals surface area (Å²) in [7, 11) is 3.74. The van der Waals surface area contributed by atoms with Crippen LogP contribution in [-0.4, -0.2) is 52.9 Å². The molecule has 5 nitrogen and oxygen atoms in total. The second-order valence-corrected chi connectivity index (χ2v) is 5.65. The fraction of sp³-hybridized carbons (Fsp3) is 0.562. The van der Waals surface area contributed by atoms with Crippen LogP contribution in [0.2, 0.25) is 0 Å². The number of carbonyl (C=O) groups excluding carboxylic acids is 1. The van der Waals surface area contributed by atoms with Gasteiger partial charge in [0, 0.05) is 33.8 Å². The van der Waals surface area contributed by atoms with E-state index in [0.717, 1.165) is 24.5 Å². The summed E-state index contributed by atoms with van der Waals surface area (Å²) in [5.41, 5.74) is 2.12. The predicted octanol–water partition coefficient (Wildman–Crippen LogP) is 1.34. The fourth-order valence-corrected chi connectivity index (χ4v) is 2.75. The molecule has 0 aromatic heterocycles. The minimum atomic E-state index is 0.112. The van der Waals surface area contributed by atoms with E-state index in [9.17, 15) is 4.79 Å². The van der Waals surface area contributed by atoms with Crippen LogP contribution in [0.3, 0.4) is 0 Å². The molecule has 0 bridgehead atoms. The van der Waals surface area contributed by atoms with Crippen LogP contribution in [0.5, 0.6) is 0 Å². The summed E-state index contributed by atoms with van der Waals surface area (Å²) in [5.74, 6) is 0.547. The van der Waals surface area contributed by atoms with Gasteiger partial charge in [0.2, 0.25) is 5.91 Å². The molecule has 0 radical (unpaired) electrons. The Balaban J connectivity index is 2.13. The highest BCUT2D eigenvalue weighted by Crippen LogP contribution is 2.32. The smallest absolute Gasteiger partial charge is 0.241 e. The summed E-state index contributed by atoms with van der Waals surface area (Å²) in [6.45, 7) is 5.54. The summed E-state index contributed by atoms with van der Waals surface area (Å²) in [6, 6.07) is 8.11. The van der Waals surface area contributed by atoms with Crippen LogP contribution in [0.15, 0.2) is 24.3 Å². The van der Waals surface area contributed by atoms with E-state index >= 15 is 0 Å². The second kappa shape index (κ2) is 7.43. The molecule has 1 aliphatic heterocycles. The van der Waals surface area contributed by atoms with Crippen molar-refractivity contribution in [2.45, 2.75) is 6.92 Å². The topological polar surface area (TPSA) is 44.8 Å². The molecule has 2 rings (SSSR count). The normalized spacial score (nSPS) is 18.3. The molecule has 21 heavy (non-hydrogen) atoms. The summed E-state index contributed by atoms with van der Waals surface area (Å²) in [6.07, 6.45) is 0. The van der Waals surface area contributed by atoms with Crippen molar-refractivity contribution < 1.29 is 9.53 Å². The van der Waals surface area contributed by atoms with Crippen molar-refractivity contribution in [3.05, 3.63) is 24.3 Å². The van der Waals surface area contributed by atoms with Crippen LogP contribution in [0.25, 0.3) is 0 Å². The molecule has 0 saturated heterocycles. The first-order valence-corrected chi connectivity index (χ1v) is 7.43. The number of amides is 1. The van der Waals surface area contributed by atoms with Gasteiger partial charge in [-0.05, 0) is 18.1 Å². The maximum Gasteiger partial charge on any atom is 0.241 e. The number of nitrogens with zero attached hydrogens (tertiary/aromatic N) is 2. The van der Waals surface area contributed by atoms with Gasteiger partial charge < -0.3 is 19.9 Å². The third-order valence-corrected chi connectivity index (χ3v) is 3.72. The zero-order chi connectivity index (χ0) is 15.2. The van der Waals surface area contributed by atoms with Crippen LogP contribution in [0, 0.1) is 5.92 Å². The molecule has 1 atom stereocenters. The van der Waals surface area contributed by atoms with E-state index < -0.39 is 0 Å².